The highest BCUT2D eigenvalue weighted by Crippen LogP contribution is 2.28. The summed E-state index contributed by atoms with van der Waals surface area (Å²) in [6.07, 6.45) is 0.256. The fourth-order valence-corrected chi connectivity index (χ4v) is 2.93. The molecule has 4 nitrogen and oxygen atoms in total. The van der Waals surface area contributed by atoms with E-state index in [1.807, 2.05) is 62.4 Å². The zero-order valence-electron chi connectivity index (χ0n) is 13.4. The van der Waals surface area contributed by atoms with E-state index in [-0.39, 0.29) is 24.2 Å². The number of aryl methyl sites for hydroxylation is 2. The third kappa shape index (κ3) is 3.11. The molecule has 1 fully saturated rings. The van der Waals surface area contributed by atoms with E-state index in [9.17, 15) is 9.59 Å². The maximum atomic E-state index is 12.5. The molecular weight excluding hydrogens is 288 g/mol. The molecule has 2 aromatic rings. The number of nitrogens with zero attached hydrogens (tertiary/aromatic N) is 1. The molecule has 4 heteroatoms. The molecule has 0 aliphatic carbocycles. The third-order valence-electron chi connectivity index (χ3n) is 4.31. The molecule has 1 atom stereocenters. The molecule has 2 amide bonds. The highest BCUT2D eigenvalue weighted by atomic mass is 16.2. The number of para-hydroxylation sites is 2. The van der Waals surface area contributed by atoms with E-state index in [1.54, 1.807) is 4.90 Å². The number of hydrogen-bond donors (Lipinski definition) is 1. The number of carbonyl (C=O) groups is 2. The van der Waals surface area contributed by atoms with Gasteiger partial charge in [-0.05, 0) is 37.1 Å². The van der Waals surface area contributed by atoms with E-state index < -0.39 is 0 Å². The lowest BCUT2D eigenvalue weighted by atomic mass is 10.1. The van der Waals surface area contributed by atoms with Crippen molar-refractivity contribution >= 4 is 23.2 Å². The summed E-state index contributed by atoms with van der Waals surface area (Å²) in [5, 5.41) is 2.94. The predicted molar refractivity (Wildman–Crippen MR) is 91.4 cm³/mol. The zero-order valence-corrected chi connectivity index (χ0v) is 13.4. The van der Waals surface area contributed by atoms with Gasteiger partial charge in [0.15, 0.2) is 0 Å². The Morgan fingerprint density at radius 1 is 1.04 bits per heavy atom. The molecule has 1 N–H and O–H groups in total. The number of benzene rings is 2. The van der Waals surface area contributed by atoms with E-state index in [0.717, 1.165) is 22.5 Å². The summed E-state index contributed by atoms with van der Waals surface area (Å²) in [5.41, 5.74) is 3.75. The molecule has 0 aromatic heterocycles. The molecular formula is C19H20N2O2. The second kappa shape index (κ2) is 6.24. The van der Waals surface area contributed by atoms with E-state index >= 15 is 0 Å². The molecule has 3 rings (SSSR count). The van der Waals surface area contributed by atoms with Gasteiger partial charge in [0.25, 0.3) is 0 Å². The Labute approximate surface area is 136 Å². The monoisotopic (exact) mass is 308 g/mol. The lowest BCUT2D eigenvalue weighted by Gasteiger charge is -2.19. The number of carbonyl (C=O) groups excluding carboxylic acids is 2. The van der Waals surface area contributed by atoms with Gasteiger partial charge in [-0.1, -0.05) is 36.4 Å². The minimum atomic E-state index is -0.318. The van der Waals surface area contributed by atoms with E-state index in [1.165, 1.54) is 0 Å². The van der Waals surface area contributed by atoms with Gasteiger partial charge in [0.05, 0.1) is 5.92 Å². The van der Waals surface area contributed by atoms with Gasteiger partial charge in [0.2, 0.25) is 11.8 Å². The smallest absolute Gasteiger partial charge is 0.229 e. The second-order valence-electron chi connectivity index (χ2n) is 6.00. The summed E-state index contributed by atoms with van der Waals surface area (Å²) in [6.45, 7) is 4.36. The third-order valence-corrected chi connectivity index (χ3v) is 4.31. The Morgan fingerprint density at radius 2 is 1.70 bits per heavy atom. The number of rotatable bonds is 3. The van der Waals surface area contributed by atoms with Gasteiger partial charge in [-0.3, -0.25) is 9.59 Å². The molecule has 1 heterocycles. The van der Waals surface area contributed by atoms with Crippen molar-refractivity contribution in [1.29, 1.82) is 0 Å². The van der Waals surface area contributed by atoms with Crippen LogP contribution in [-0.4, -0.2) is 18.4 Å². The Hall–Kier alpha value is -2.62. The van der Waals surface area contributed by atoms with Crippen molar-refractivity contribution < 1.29 is 9.59 Å². The van der Waals surface area contributed by atoms with Crippen LogP contribution in [0.1, 0.15) is 17.5 Å². The maximum absolute atomic E-state index is 12.5. The molecule has 0 bridgehead atoms. The van der Waals surface area contributed by atoms with Gasteiger partial charge in [-0.2, -0.15) is 0 Å². The summed E-state index contributed by atoms with van der Waals surface area (Å²) in [7, 11) is 0. The Bertz CT molecular complexity index is 755. The van der Waals surface area contributed by atoms with Crippen molar-refractivity contribution in [3.05, 3.63) is 59.7 Å². The van der Waals surface area contributed by atoms with Crippen LogP contribution in [0.2, 0.25) is 0 Å². The highest BCUT2D eigenvalue weighted by Gasteiger charge is 2.35. The van der Waals surface area contributed by atoms with Crippen molar-refractivity contribution in [2.45, 2.75) is 20.3 Å². The van der Waals surface area contributed by atoms with Crippen LogP contribution in [0.4, 0.5) is 11.4 Å². The van der Waals surface area contributed by atoms with Gasteiger partial charge in [-0.25, -0.2) is 0 Å². The highest BCUT2D eigenvalue weighted by molar-refractivity contribution is 6.04. The van der Waals surface area contributed by atoms with E-state index in [2.05, 4.69) is 5.32 Å². The summed E-state index contributed by atoms with van der Waals surface area (Å²) in [5.74, 6) is -0.408. The standard InChI is InChI=1S/C19H20N2O2/c1-13-7-3-5-9-16(13)20-19(23)15-11-18(22)21(12-15)17-10-6-4-8-14(17)2/h3-10,15H,11-12H2,1-2H3,(H,20,23)/t15-/m0/s1. The predicted octanol–water partition coefficient (Wildman–Crippen LogP) is 3.30. The lowest BCUT2D eigenvalue weighted by Crippen LogP contribution is -2.28. The van der Waals surface area contributed by atoms with Gasteiger partial charge in [0, 0.05) is 24.3 Å². The molecule has 23 heavy (non-hydrogen) atoms. The fraction of sp³-hybridized carbons (Fsp3) is 0.263. The molecule has 0 radical (unpaired) electrons. The summed E-state index contributed by atoms with van der Waals surface area (Å²) >= 11 is 0. The summed E-state index contributed by atoms with van der Waals surface area (Å²) in [4.78, 5) is 26.5. The average molecular weight is 308 g/mol. The van der Waals surface area contributed by atoms with Gasteiger partial charge >= 0.3 is 0 Å². The Morgan fingerprint density at radius 3 is 2.39 bits per heavy atom. The van der Waals surface area contributed by atoms with Crippen molar-refractivity contribution in [3.63, 3.8) is 0 Å². The minimum absolute atomic E-state index is 0.00392. The first kappa shape index (κ1) is 15.3. The van der Waals surface area contributed by atoms with Crippen LogP contribution in [0.3, 0.4) is 0 Å². The van der Waals surface area contributed by atoms with Crippen LogP contribution >= 0.6 is 0 Å². The first-order chi connectivity index (χ1) is 11.1. The van der Waals surface area contributed by atoms with E-state index in [4.69, 9.17) is 0 Å². The zero-order chi connectivity index (χ0) is 16.4. The molecule has 0 saturated carbocycles. The van der Waals surface area contributed by atoms with Crippen LogP contribution in [0.15, 0.2) is 48.5 Å². The van der Waals surface area contributed by atoms with Gasteiger partial charge in [0.1, 0.15) is 0 Å². The van der Waals surface area contributed by atoms with E-state index in [0.29, 0.717) is 6.54 Å². The number of hydrogen-bond acceptors (Lipinski definition) is 2. The first-order valence-corrected chi connectivity index (χ1v) is 7.79. The quantitative estimate of drug-likeness (QED) is 0.946. The molecule has 1 saturated heterocycles. The lowest BCUT2D eigenvalue weighted by molar-refractivity contribution is -0.122. The van der Waals surface area contributed by atoms with Crippen molar-refractivity contribution in [2.24, 2.45) is 5.92 Å². The van der Waals surface area contributed by atoms with Crippen LogP contribution < -0.4 is 10.2 Å². The molecule has 0 spiro atoms. The fourth-order valence-electron chi connectivity index (χ4n) is 2.93. The number of amides is 2. The number of anilines is 2. The number of nitrogens with one attached hydrogen (secondary N) is 1. The average Bonchev–Trinajstić information content (AvgIpc) is 2.92. The SMILES string of the molecule is Cc1ccccc1NC(=O)[C@H]1CC(=O)N(c2ccccc2C)C1. The topological polar surface area (TPSA) is 49.4 Å². The summed E-state index contributed by atoms with van der Waals surface area (Å²) in [6, 6.07) is 15.4. The molecule has 2 aromatic carbocycles. The maximum Gasteiger partial charge on any atom is 0.229 e. The first-order valence-electron chi connectivity index (χ1n) is 7.79. The van der Waals surface area contributed by atoms with Gasteiger partial charge < -0.3 is 10.2 Å². The minimum Gasteiger partial charge on any atom is -0.326 e. The molecule has 118 valence electrons. The van der Waals surface area contributed by atoms with Crippen LogP contribution in [0.5, 0.6) is 0 Å². The second-order valence-corrected chi connectivity index (χ2v) is 6.00. The largest absolute Gasteiger partial charge is 0.326 e. The molecule has 0 unspecified atom stereocenters. The van der Waals surface area contributed by atoms with Crippen LogP contribution in [-0.2, 0) is 9.59 Å². The van der Waals surface area contributed by atoms with Crippen molar-refractivity contribution in [2.75, 3.05) is 16.8 Å². The molecule has 1 aliphatic rings. The summed E-state index contributed by atoms with van der Waals surface area (Å²) < 4.78 is 0. The van der Waals surface area contributed by atoms with Crippen LogP contribution in [0, 0.1) is 19.8 Å². The van der Waals surface area contributed by atoms with Gasteiger partial charge in [-0.15, -0.1) is 0 Å². The molecule has 1 aliphatic heterocycles. The Kier molecular flexibility index (Phi) is 4.15. The van der Waals surface area contributed by atoms with Crippen LogP contribution in [0.25, 0.3) is 0 Å². The van der Waals surface area contributed by atoms with Crippen molar-refractivity contribution in [1.82, 2.24) is 0 Å². The van der Waals surface area contributed by atoms with Crippen molar-refractivity contribution in [3.8, 4) is 0 Å². The Balaban J connectivity index is 1.74. The normalized spacial score (nSPS) is 17.4.